The number of rotatable bonds is 4. The topological polar surface area (TPSA) is 55.1 Å². The number of carbonyl (C=O) groups excluding carboxylic acids is 1. The summed E-state index contributed by atoms with van der Waals surface area (Å²) in [7, 11) is 0. The van der Waals surface area contributed by atoms with Crippen LogP contribution in [0.1, 0.15) is 51.0 Å². The molecule has 1 saturated carbocycles. The van der Waals surface area contributed by atoms with Gasteiger partial charge >= 0.3 is 0 Å². The monoisotopic (exact) mass is 260 g/mol. The Balaban J connectivity index is 2.12. The lowest BCUT2D eigenvalue weighted by atomic mass is 9.85. The van der Waals surface area contributed by atoms with Crippen molar-refractivity contribution in [2.24, 2.45) is 11.1 Å². The molecular weight excluding hydrogens is 236 g/mol. The highest BCUT2D eigenvalue weighted by atomic mass is 16.2. The normalized spacial score (nSPS) is 17.7. The van der Waals surface area contributed by atoms with E-state index in [-0.39, 0.29) is 11.3 Å². The molecule has 0 bridgehead atoms. The van der Waals surface area contributed by atoms with E-state index in [0.717, 1.165) is 31.4 Å². The molecule has 1 aliphatic carbocycles. The van der Waals surface area contributed by atoms with Crippen molar-refractivity contribution in [1.82, 2.24) is 0 Å². The van der Waals surface area contributed by atoms with Crippen LogP contribution in [0.25, 0.3) is 0 Å². The van der Waals surface area contributed by atoms with Gasteiger partial charge in [0.2, 0.25) is 5.91 Å². The van der Waals surface area contributed by atoms with Gasteiger partial charge in [0.25, 0.3) is 0 Å². The van der Waals surface area contributed by atoms with Gasteiger partial charge in [-0.15, -0.1) is 0 Å². The van der Waals surface area contributed by atoms with Crippen LogP contribution in [-0.4, -0.2) is 12.5 Å². The second-order valence-corrected chi connectivity index (χ2v) is 5.93. The van der Waals surface area contributed by atoms with Crippen molar-refractivity contribution >= 4 is 11.6 Å². The molecule has 1 fully saturated rings. The van der Waals surface area contributed by atoms with Gasteiger partial charge in [-0.3, -0.25) is 4.79 Å². The van der Waals surface area contributed by atoms with Crippen LogP contribution in [0.5, 0.6) is 0 Å². The molecule has 1 amide bonds. The second kappa shape index (κ2) is 5.74. The van der Waals surface area contributed by atoms with E-state index in [0.29, 0.717) is 12.5 Å². The van der Waals surface area contributed by atoms with E-state index in [9.17, 15) is 4.79 Å². The Morgan fingerprint density at radius 2 is 2.05 bits per heavy atom. The van der Waals surface area contributed by atoms with Gasteiger partial charge in [-0.05, 0) is 36.5 Å². The van der Waals surface area contributed by atoms with Crippen molar-refractivity contribution in [1.29, 1.82) is 0 Å². The lowest BCUT2D eigenvalue weighted by Gasteiger charge is -2.25. The third kappa shape index (κ3) is 2.98. The summed E-state index contributed by atoms with van der Waals surface area (Å²) in [6.07, 6.45) is 4.05. The van der Waals surface area contributed by atoms with Gasteiger partial charge in [0.1, 0.15) is 0 Å². The Kier molecular flexibility index (Phi) is 4.25. The van der Waals surface area contributed by atoms with Crippen molar-refractivity contribution in [3.05, 3.63) is 29.8 Å². The van der Waals surface area contributed by atoms with E-state index in [1.165, 1.54) is 5.56 Å². The first-order valence-electron chi connectivity index (χ1n) is 7.19. The van der Waals surface area contributed by atoms with E-state index in [1.807, 2.05) is 12.1 Å². The summed E-state index contributed by atoms with van der Waals surface area (Å²) in [6, 6.07) is 8.09. The average molecular weight is 260 g/mol. The number of carbonyl (C=O) groups is 1. The molecule has 19 heavy (non-hydrogen) atoms. The molecular formula is C16H24N2O. The van der Waals surface area contributed by atoms with Crippen molar-refractivity contribution in [2.75, 3.05) is 11.9 Å². The minimum atomic E-state index is -0.339. The molecule has 0 heterocycles. The minimum absolute atomic E-state index is 0.0911. The quantitative estimate of drug-likeness (QED) is 0.873. The highest BCUT2D eigenvalue weighted by molar-refractivity contribution is 5.95. The fourth-order valence-electron chi connectivity index (χ4n) is 2.81. The molecule has 1 aromatic rings. The number of hydrogen-bond donors (Lipinski definition) is 2. The van der Waals surface area contributed by atoms with E-state index < -0.39 is 0 Å². The van der Waals surface area contributed by atoms with Crippen LogP contribution in [0.3, 0.4) is 0 Å². The molecule has 0 aliphatic heterocycles. The Bertz CT molecular complexity index is 448. The molecule has 0 saturated heterocycles. The summed E-state index contributed by atoms with van der Waals surface area (Å²) in [5, 5.41) is 3.05. The van der Waals surface area contributed by atoms with Gasteiger partial charge in [-0.1, -0.05) is 38.8 Å². The first-order valence-corrected chi connectivity index (χ1v) is 7.19. The molecule has 0 spiro atoms. The molecule has 3 N–H and O–H groups in total. The Hall–Kier alpha value is -1.35. The molecule has 1 aliphatic rings. The van der Waals surface area contributed by atoms with Crippen molar-refractivity contribution in [3.63, 3.8) is 0 Å². The SMILES string of the molecule is CC(C)c1cccc(NC(=O)C2(CN)CCCC2)c1. The summed E-state index contributed by atoms with van der Waals surface area (Å²) in [4.78, 5) is 12.5. The molecule has 0 aromatic heterocycles. The van der Waals surface area contributed by atoms with Crippen LogP contribution in [0.2, 0.25) is 0 Å². The molecule has 104 valence electrons. The standard InChI is InChI=1S/C16H24N2O/c1-12(2)13-6-5-7-14(10-13)18-15(19)16(11-17)8-3-4-9-16/h5-7,10,12H,3-4,8-9,11,17H2,1-2H3,(H,18,19). The summed E-state index contributed by atoms with van der Waals surface area (Å²) < 4.78 is 0. The van der Waals surface area contributed by atoms with Crippen LogP contribution < -0.4 is 11.1 Å². The Labute approximate surface area is 115 Å². The Morgan fingerprint density at radius 3 is 2.63 bits per heavy atom. The average Bonchev–Trinajstić information content (AvgIpc) is 2.89. The molecule has 2 rings (SSSR count). The zero-order valence-corrected chi connectivity index (χ0v) is 11.9. The predicted molar refractivity (Wildman–Crippen MR) is 79.1 cm³/mol. The van der Waals surface area contributed by atoms with Gasteiger partial charge < -0.3 is 11.1 Å². The summed E-state index contributed by atoms with van der Waals surface area (Å²) in [6.45, 7) is 4.75. The van der Waals surface area contributed by atoms with Crippen LogP contribution in [-0.2, 0) is 4.79 Å². The number of benzene rings is 1. The highest BCUT2D eigenvalue weighted by Gasteiger charge is 2.39. The van der Waals surface area contributed by atoms with E-state index in [1.54, 1.807) is 0 Å². The van der Waals surface area contributed by atoms with Crippen molar-refractivity contribution < 1.29 is 4.79 Å². The highest BCUT2D eigenvalue weighted by Crippen LogP contribution is 2.38. The second-order valence-electron chi connectivity index (χ2n) is 5.93. The number of amides is 1. The fraction of sp³-hybridized carbons (Fsp3) is 0.562. The first kappa shape index (κ1) is 14.1. The summed E-state index contributed by atoms with van der Waals surface area (Å²) in [5.74, 6) is 0.556. The molecule has 0 radical (unpaired) electrons. The van der Waals surface area contributed by atoms with E-state index >= 15 is 0 Å². The first-order chi connectivity index (χ1) is 9.07. The third-order valence-electron chi connectivity index (χ3n) is 4.24. The van der Waals surface area contributed by atoms with Crippen molar-refractivity contribution in [2.45, 2.75) is 45.4 Å². The summed E-state index contributed by atoms with van der Waals surface area (Å²) in [5.41, 5.74) is 7.63. The molecule has 0 unspecified atom stereocenters. The molecule has 3 heteroatoms. The largest absolute Gasteiger partial charge is 0.329 e. The molecule has 0 atom stereocenters. The smallest absolute Gasteiger partial charge is 0.231 e. The maximum absolute atomic E-state index is 12.5. The maximum Gasteiger partial charge on any atom is 0.231 e. The number of anilines is 1. The van der Waals surface area contributed by atoms with Gasteiger partial charge in [0, 0.05) is 12.2 Å². The van der Waals surface area contributed by atoms with Gasteiger partial charge in [0.05, 0.1) is 5.41 Å². The van der Waals surface area contributed by atoms with E-state index in [2.05, 4.69) is 31.3 Å². The van der Waals surface area contributed by atoms with Crippen LogP contribution in [0.4, 0.5) is 5.69 Å². The van der Waals surface area contributed by atoms with Crippen LogP contribution in [0, 0.1) is 5.41 Å². The third-order valence-corrected chi connectivity index (χ3v) is 4.24. The lowest BCUT2D eigenvalue weighted by Crippen LogP contribution is -2.40. The summed E-state index contributed by atoms with van der Waals surface area (Å²) >= 11 is 0. The lowest BCUT2D eigenvalue weighted by molar-refractivity contribution is -0.124. The van der Waals surface area contributed by atoms with Crippen LogP contribution >= 0.6 is 0 Å². The number of nitrogens with two attached hydrogens (primary N) is 1. The molecule has 1 aromatic carbocycles. The zero-order chi connectivity index (χ0) is 13.9. The van der Waals surface area contributed by atoms with E-state index in [4.69, 9.17) is 5.73 Å². The number of hydrogen-bond acceptors (Lipinski definition) is 2. The predicted octanol–water partition coefficient (Wildman–Crippen LogP) is 3.27. The van der Waals surface area contributed by atoms with Gasteiger partial charge in [-0.2, -0.15) is 0 Å². The fourth-order valence-corrected chi connectivity index (χ4v) is 2.81. The van der Waals surface area contributed by atoms with Gasteiger partial charge in [0.15, 0.2) is 0 Å². The Morgan fingerprint density at radius 1 is 1.37 bits per heavy atom. The zero-order valence-electron chi connectivity index (χ0n) is 11.9. The van der Waals surface area contributed by atoms with Crippen LogP contribution in [0.15, 0.2) is 24.3 Å². The van der Waals surface area contributed by atoms with Gasteiger partial charge in [-0.25, -0.2) is 0 Å². The number of nitrogens with one attached hydrogen (secondary N) is 1. The molecule has 3 nitrogen and oxygen atoms in total. The van der Waals surface area contributed by atoms with Crippen molar-refractivity contribution in [3.8, 4) is 0 Å². The maximum atomic E-state index is 12.5. The minimum Gasteiger partial charge on any atom is -0.329 e.